The number of hydrogen-bond acceptors (Lipinski definition) is 4. The molecule has 1 N–H and O–H groups in total. The Morgan fingerprint density at radius 1 is 1.40 bits per heavy atom. The quantitative estimate of drug-likeness (QED) is 0.915. The summed E-state index contributed by atoms with van der Waals surface area (Å²) in [5.74, 6) is 0.587. The summed E-state index contributed by atoms with van der Waals surface area (Å²) in [4.78, 5) is 13.3. The zero-order chi connectivity index (χ0) is 14.8. The van der Waals surface area contributed by atoms with Gasteiger partial charge in [-0.3, -0.25) is 9.52 Å². The molecule has 0 saturated heterocycles. The van der Waals surface area contributed by atoms with E-state index in [-0.39, 0.29) is 11.7 Å². The molecule has 0 radical (unpaired) electrons. The van der Waals surface area contributed by atoms with Gasteiger partial charge in [-0.05, 0) is 24.6 Å². The summed E-state index contributed by atoms with van der Waals surface area (Å²) >= 11 is 0. The molecular weight excluding hydrogens is 280 g/mol. The van der Waals surface area contributed by atoms with E-state index in [1.54, 1.807) is 32.2 Å². The number of amides is 1. The van der Waals surface area contributed by atoms with E-state index in [4.69, 9.17) is 4.74 Å². The molecule has 110 valence electrons. The van der Waals surface area contributed by atoms with Gasteiger partial charge in [0.25, 0.3) is 0 Å². The monoisotopic (exact) mass is 298 g/mol. The molecule has 0 fully saturated rings. The Kier molecular flexibility index (Phi) is 4.17. The van der Waals surface area contributed by atoms with E-state index in [0.29, 0.717) is 36.6 Å². The average molecular weight is 298 g/mol. The Morgan fingerprint density at radius 3 is 2.85 bits per heavy atom. The van der Waals surface area contributed by atoms with Gasteiger partial charge in [0.1, 0.15) is 5.75 Å². The van der Waals surface area contributed by atoms with Crippen molar-refractivity contribution in [3.8, 4) is 5.75 Å². The van der Waals surface area contributed by atoms with Crippen molar-refractivity contribution in [3.05, 3.63) is 18.2 Å². The minimum atomic E-state index is -3.35. The zero-order valence-corrected chi connectivity index (χ0v) is 12.4. The van der Waals surface area contributed by atoms with Crippen LogP contribution in [0.15, 0.2) is 18.2 Å². The number of benzene rings is 1. The fraction of sp³-hybridized carbons (Fsp3) is 0.462. The van der Waals surface area contributed by atoms with Crippen LogP contribution in [0.1, 0.15) is 19.8 Å². The Morgan fingerprint density at radius 2 is 2.15 bits per heavy atom. The van der Waals surface area contributed by atoms with Crippen LogP contribution in [0.4, 0.5) is 11.4 Å². The van der Waals surface area contributed by atoms with E-state index in [0.717, 1.165) is 0 Å². The summed E-state index contributed by atoms with van der Waals surface area (Å²) in [7, 11) is -1.69. The zero-order valence-electron chi connectivity index (χ0n) is 11.5. The first-order chi connectivity index (χ1) is 9.43. The molecule has 0 aromatic heterocycles. The molecule has 0 spiro atoms. The van der Waals surface area contributed by atoms with Gasteiger partial charge in [-0.1, -0.05) is 6.92 Å². The Hall–Kier alpha value is -1.76. The van der Waals surface area contributed by atoms with Gasteiger partial charge in [-0.15, -0.1) is 0 Å². The van der Waals surface area contributed by atoms with Crippen LogP contribution in [0, 0.1) is 0 Å². The van der Waals surface area contributed by atoms with E-state index in [2.05, 4.69) is 4.72 Å². The molecule has 0 bridgehead atoms. The highest BCUT2D eigenvalue weighted by molar-refractivity contribution is 7.92. The number of nitrogens with zero attached hydrogens (tertiary/aromatic N) is 1. The molecule has 1 aromatic rings. The van der Waals surface area contributed by atoms with Gasteiger partial charge in [0.05, 0.1) is 30.2 Å². The first-order valence-corrected chi connectivity index (χ1v) is 8.12. The number of ether oxygens (including phenoxy) is 1. The van der Waals surface area contributed by atoms with Crippen LogP contribution in [0.3, 0.4) is 0 Å². The Bertz CT molecular complexity index is 613. The van der Waals surface area contributed by atoms with Crippen LogP contribution in [-0.2, 0) is 14.8 Å². The van der Waals surface area contributed by atoms with Gasteiger partial charge in [-0.25, -0.2) is 8.42 Å². The van der Waals surface area contributed by atoms with Crippen molar-refractivity contribution in [1.82, 2.24) is 0 Å². The number of hydrogen-bond donors (Lipinski definition) is 1. The highest BCUT2D eigenvalue weighted by Gasteiger charge is 2.21. The van der Waals surface area contributed by atoms with Crippen molar-refractivity contribution in [1.29, 1.82) is 0 Å². The maximum atomic E-state index is 11.8. The molecule has 0 aliphatic carbocycles. The van der Waals surface area contributed by atoms with Crippen molar-refractivity contribution in [2.24, 2.45) is 0 Å². The van der Waals surface area contributed by atoms with Crippen molar-refractivity contribution >= 4 is 27.3 Å². The third-order valence-corrected chi connectivity index (χ3v) is 4.51. The summed E-state index contributed by atoms with van der Waals surface area (Å²) in [5.41, 5.74) is 1.01. The van der Waals surface area contributed by atoms with Crippen molar-refractivity contribution in [2.75, 3.05) is 29.0 Å². The molecule has 20 heavy (non-hydrogen) atoms. The lowest BCUT2D eigenvalue weighted by molar-refractivity contribution is -0.118. The van der Waals surface area contributed by atoms with Gasteiger partial charge < -0.3 is 9.64 Å². The highest BCUT2D eigenvalue weighted by Crippen LogP contribution is 2.33. The van der Waals surface area contributed by atoms with Gasteiger partial charge in [-0.2, -0.15) is 0 Å². The van der Waals surface area contributed by atoms with E-state index in [1.807, 2.05) is 0 Å². The normalized spacial score (nSPS) is 15.3. The van der Waals surface area contributed by atoms with E-state index in [9.17, 15) is 13.2 Å². The number of anilines is 2. The number of sulfonamides is 1. The minimum Gasteiger partial charge on any atom is -0.491 e. The SMILES string of the molecule is CCCS(=O)(=O)Nc1ccc2c(c1)N(C)C(=O)CCO2. The molecule has 0 saturated carbocycles. The second kappa shape index (κ2) is 5.70. The van der Waals surface area contributed by atoms with Crippen molar-refractivity contribution in [3.63, 3.8) is 0 Å². The molecule has 1 aliphatic heterocycles. The Labute approximate surface area is 118 Å². The molecule has 7 heteroatoms. The first-order valence-electron chi connectivity index (χ1n) is 6.47. The van der Waals surface area contributed by atoms with Crippen molar-refractivity contribution in [2.45, 2.75) is 19.8 Å². The summed E-state index contributed by atoms with van der Waals surface area (Å²) in [6.45, 7) is 2.13. The smallest absolute Gasteiger partial charge is 0.232 e. The first kappa shape index (κ1) is 14.6. The third-order valence-electron chi connectivity index (χ3n) is 3.01. The predicted molar refractivity (Wildman–Crippen MR) is 77.7 cm³/mol. The fourth-order valence-corrected chi connectivity index (χ4v) is 3.14. The maximum absolute atomic E-state index is 11.8. The molecule has 1 amide bonds. The third kappa shape index (κ3) is 3.22. The van der Waals surface area contributed by atoms with Crippen LogP contribution in [0.2, 0.25) is 0 Å². The summed E-state index contributed by atoms with van der Waals surface area (Å²) in [6.07, 6.45) is 0.851. The number of fused-ring (bicyclic) bond motifs is 1. The molecule has 1 aromatic carbocycles. The number of nitrogens with one attached hydrogen (secondary N) is 1. The summed E-state index contributed by atoms with van der Waals surface area (Å²) in [5, 5.41) is 0. The largest absolute Gasteiger partial charge is 0.491 e. The summed E-state index contributed by atoms with van der Waals surface area (Å²) in [6, 6.07) is 4.93. The van der Waals surface area contributed by atoms with Crippen molar-refractivity contribution < 1.29 is 17.9 Å². The summed E-state index contributed by atoms with van der Waals surface area (Å²) < 4.78 is 31.5. The molecule has 1 aliphatic rings. The second-order valence-corrected chi connectivity index (χ2v) is 6.50. The van der Waals surface area contributed by atoms with Gasteiger partial charge in [0.15, 0.2) is 0 Å². The Balaban J connectivity index is 2.31. The second-order valence-electron chi connectivity index (χ2n) is 4.65. The van der Waals surface area contributed by atoms with E-state index in [1.165, 1.54) is 4.90 Å². The topological polar surface area (TPSA) is 75.7 Å². The molecular formula is C13H18N2O4S. The van der Waals surface area contributed by atoms with Gasteiger partial charge >= 0.3 is 0 Å². The van der Waals surface area contributed by atoms with Gasteiger partial charge in [0.2, 0.25) is 15.9 Å². The lowest BCUT2D eigenvalue weighted by Gasteiger charge is -2.17. The van der Waals surface area contributed by atoms with Crippen LogP contribution in [0.5, 0.6) is 5.75 Å². The molecule has 6 nitrogen and oxygen atoms in total. The lowest BCUT2D eigenvalue weighted by atomic mass is 10.2. The molecule has 2 rings (SSSR count). The number of carbonyl (C=O) groups is 1. The van der Waals surface area contributed by atoms with E-state index < -0.39 is 10.0 Å². The predicted octanol–water partition coefficient (Wildman–Crippen LogP) is 1.58. The lowest BCUT2D eigenvalue weighted by Crippen LogP contribution is -2.25. The highest BCUT2D eigenvalue weighted by atomic mass is 32.2. The fourth-order valence-electron chi connectivity index (χ4n) is 2.01. The van der Waals surface area contributed by atoms with Crippen LogP contribution < -0.4 is 14.4 Å². The standard InChI is InChI=1S/C13H18N2O4S/c1-3-8-20(17,18)14-10-4-5-12-11(9-10)15(2)13(16)6-7-19-12/h4-5,9,14H,3,6-8H2,1-2H3. The average Bonchev–Trinajstić information content (AvgIpc) is 2.50. The van der Waals surface area contributed by atoms with Gasteiger partial charge in [0, 0.05) is 7.05 Å². The molecule has 1 heterocycles. The maximum Gasteiger partial charge on any atom is 0.232 e. The van der Waals surface area contributed by atoms with Crippen LogP contribution in [-0.4, -0.2) is 33.7 Å². The number of rotatable bonds is 4. The molecule has 0 unspecified atom stereocenters. The van der Waals surface area contributed by atoms with Crippen LogP contribution >= 0.6 is 0 Å². The van der Waals surface area contributed by atoms with Crippen LogP contribution in [0.25, 0.3) is 0 Å². The van der Waals surface area contributed by atoms with E-state index >= 15 is 0 Å². The number of carbonyl (C=O) groups excluding carboxylic acids is 1. The molecule has 0 atom stereocenters. The minimum absolute atomic E-state index is 0.0580.